The van der Waals surface area contributed by atoms with Crippen LogP contribution in [0.25, 0.3) is 0 Å². The number of carbonyl (C=O) groups is 1. The molecule has 1 saturated heterocycles. The topological polar surface area (TPSA) is 111 Å². The number of carbonyl (C=O) groups excluding carboxylic acids is 1. The molecule has 0 atom stereocenters. The Bertz CT molecular complexity index is 860. The number of oxime groups is 1. The quantitative estimate of drug-likeness (QED) is 0.810. The molecular weight excluding hydrogens is 391 g/mol. The first kappa shape index (κ1) is 19.4. The van der Waals surface area contributed by atoms with Gasteiger partial charge in [-0.2, -0.15) is 4.31 Å². The molecule has 0 saturated carbocycles. The second-order valence-corrected chi connectivity index (χ2v) is 8.21. The monoisotopic (exact) mass is 407 g/mol. The van der Waals surface area contributed by atoms with Crippen LogP contribution in [0.1, 0.15) is 19.3 Å². The summed E-state index contributed by atoms with van der Waals surface area (Å²) in [5.41, 5.74) is 4.54. The maximum absolute atomic E-state index is 12.7. The van der Waals surface area contributed by atoms with Gasteiger partial charge >= 0.3 is 6.36 Å². The molecule has 1 aromatic carbocycles. The Hall–Kier alpha value is -2.34. The van der Waals surface area contributed by atoms with Gasteiger partial charge in [-0.05, 0) is 24.3 Å². The third-order valence-corrected chi connectivity index (χ3v) is 6.37. The van der Waals surface area contributed by atoms with Gasteiger partial charge in [-0.15, -0.1) is 13.2 Å². The Labute approximate surface area is 152 Å². The summed E-state index contributed by atoms with van der Waals surface area (Å²) in [6, 6.07) is 4.00. The van der Waals surface area contributed by atoms with E-state index in [1.807, 2.05) is 0 Å². The number of rotatable bonds is 4. The van der Waals surface area contributed by atoms with Crippen molar-refractivity contribution in [3.05, 3.63) is 24.3 Å². The van der Waals surface area contributed by atoms with E-state index in [9.17, 15) is 26.4 Å². The Balaban J connectivity index is 1.66. The number of hydrogen-bond donors (Lipinski definition) is 1. The first-order valence-electron chi connectivity index (χ1n) is 7.92. The third kappa shape index (κ3) is 4.16. The summed E-state index contributed by atoms with van der Waals surface area (Å²) in [6.45, 7) is 0.232. The number of ether oxygens (including phenoxy) is 1. The molecule has 0 aliphatic carbocycles. The summed E-state index contributed by atoms with van der Waals surface area (Å²) in [5.74, 6) is -1.18. The van der Waals surface area contributed by atoms with E-state index in [-0.39, 0.29) is 30.1 Å². The molecule has 1 aromatic rings. The number of sulfonamides is 1. The fraction of sp³-hybridized carbons (Fsp3) is 0.467. The van der Waals surface area contributed by atoms with Crippen LogP contribution in [0.2, 0.25) is 0 Å². The fourth-order valence-corrected chi connectivity index (χ4v) is 4.46. The minimum Gasteiger partial charge on any atom is -0.406 e. The highest BCUT2D eigenvalue weighted by Gasteiger charge is 2.45. The average molecular weight is 407 g/mol. The predicted octanol–water partition coefficient (Wildman–Crippen LogP) is 1.37. The van der Waals surface area contributed by atoms with E-state index in [2.05, 4.69) is 9.89 Å². The summed E-state index contributed by atoms with van der Waals surface area (Å²) in [6.07, 6.45) is -4.02. The molecule has 3 rings (SSSR count). The van der Waals surface area contributed by atoms with Crippen molar-refractivity contribution in [1.82, 2.24) is 4.31 Å². The van der Waals surface area contributed by atoms with Crippen molar-refractivity contribution < 1.29 is 36.0 Å². The number of amides is 1. The van der Waals surface area contributed by atoms with Crippen molar-refractivity contribution in [2.45, 2.75) is 36.1 Å². The van der Waals surface area contributed by atoms with Crippen molar-refractivity contribution in [3.8, 4) is 5.75 Å². The summed E-state index contributed by atoms with van der Waals surface area (Å²) < 4.78 is 66.9. The van der Waals surface area contributed by atoms with Crippen molar-refractivity contribution in [1.29, 1.82) is 0 Å². The molecule has 8 nitrogen and oxygen atoms in total. The lowest BCUT2D eigenvalue weighted by atomic mass is 9.87. The van der Waals surface area contributed by atoms with Crippen LogP contribution in [0, 0.1) is 0 Å². The molecule has 12 heteroatoms. The molecule has 1 amide bonds. The fourth-order valence-electron chi connectivity index (χ4n) is 3.02. The zero-order chi connectivity index (χ0) is 19.9. The first-order valence-corrected chi connectivity index (χ1v) is 9.36. The zero-order valence-electron chi connectivity index (χ0n) is 13.9. The largest absolute Gasteiger partial charge is 0.573 e. The highest BCUT2D eigenvalue weighted by atomic mass is 32.2. The van der Waals surface area contributed by atoms with Crippen molar-refractivity contribution in [2.75, 3.05) is 13.1 Å². The van der Waals surface area contributed by atoms with E-state index in [0.717, 1.165) is 24.3 Å². The van der Waals surface area contributed by atoms with Gasteiger partial charge in [-0.3, -0.25) is 4.79 Å². The van der Waals surface area contributed by atoms with Crippen LogP contribution in [0.15, 0.2) is 34.3 Å². The molecule has 2 aliphatic rings. The molecule has 2 heterocycles. The Morgan fingerprint density at radius 2 is 1.81 bits per heavy atom. The Morgan fingerprint density at radius 1 is 1.22 bits per heavy atom. The number of halogens is 3. The molecule has 1 spiro atoms. The number of nitrogens with zero attached hydrogens (tertiary/aromatic N) is 2. The molecule has 0 radical (unpaired) electrons. The van der Waals surface area contributed by atoms with Crippen LogP contribution in [0.4, 0.5) is 13.2 Å². The molecule has 0 unspecified atom stereocenters. The molecule has 0 aromatic heterocycles. The van der Waals surface area contributed by atoms with Gasteiger partial charge in [0.1, 0.15) is 17.1 Å². The number of alkyl halides is 3. The number of piperidine rings is 1. The molecule has 2 N–H and O–H groups in total. The van der Waals surface area contributed by atoms with E-state index in [0.29, 0.717) is 12.8 Å². The second kappa shape index (κ2) is 6.68. The highest BCUT2D eigenvalue weighted by molar-refractivity contribution is 7.89. The van der Waals surface area contributed by atoms with E-state index < -0.39 is 33.6 Å². The molecule has 1 fully saturated rings. The van der Waals surface area contributed by atoms with Gasteiger partial charge < -0.3 is 15.3 Å². The van der Waals surface area contributed by atoms with E-state index in [1.165, 1.54) is 4.31 Å². The average Bonchev–Trinajstić information content (AvgIpc) is 2.98. The van der Waals surface area contributed by atoms with E-state index >= 15 is 0 Å². The number of benzene rings is 1. The van der Waals surface area contributed by atoms with Crippen LogP contribution in [0.3, 0.4) is 0 Å². The van der Waals surface area contributed by atoms with Crippen LogP contribution >= 0.6 is 0 Å². The molecule has 2 aliphatic heterocycles. The Morgan fingerprint density at radius 3 is 2.30 bits per heavy atom. The lowest BCUT2D eigenvalue weighted by Gasteiger charge is -2.36. The van der Waals surface area contributed by atoms with Gasteiger partial charge in [0.05, 0.1) is 4.90 Å². The van der Waals surface area contributed by atoms with Crippen molar-refractivity contribution in [2.24, 2.45) is 10.9 Å². The van der Waals surface area contributed by atoms with Crippen LogP contribution < -0.4 is 10.5 Å². The van der Waals surface area contributed by atoms with Gasteiger partial charge in [0.15, 0.2) is 0 Å². The van der Waals surface area contributed by atoms with Crippen LogP contribution in [0.5, 0.6) is 5.75 Å². The second-order valence-electron chi connectivity index (χ2n) is 6.28. The van der Waals surface area contributed by atoms with Crippen molar-refractivity contribution >= 4 is 21.6 Å². The zero-order valence-corrected chi connectivity index (χ0v) is 14.7. The Kier molecular flexibility index (Phi) is 4.80. The molecule has 148 valence electrons. The van der Waals surface area contributed by atoms with E-state index in [4.69, 9.17) is 10.6 Å². The minimum atomic E-state index is -4.85. The summed E-state index contributed by atoms with van der Waals surface area (Å²) in [7, 11) is -3.89. The standard InChI is InChI=1S/C15H16F3N3O5S/c16-15(17,18)25-10-1-3-11(4-2-10)27(23,24)21-7-5-14(6-8-21)9-12(13(19)22)20-26-14/h1-4H,5-9H2,(H2,19,22). The van der Waals surface area contributed by atoms with Gasteiger partial charge in [0, 0.05) is 32.4 Å². The lowest BCUT2D eigenvalue weighted by molar-refractivity contribution is -0.274. The minimum absolute atomic E-state index is 0.116. The number of nitrogens with two attached hydrogens (primary N) is 1. The summed E-state index contributed by atoms with van der Waals surface area (Å²) >= 11 is 0. The van der Waals surface area contributed by atoms with Gasteiger partial charge in [-0.1, -0.05) is 5.16 Å². The highest BCUT2D eigenvalue weighted by Crippen LogP contribution is 2.36. The molecular formula is C15H16F3N3O5S. The first-order chi connectivity index (χ1) is 12.5. The van der Waals surface area contributed by atoms with Gasteiger partial charge in [0.25, 0.3) is 5.91 Å². The summed E-state index contributed by atoms with van der Waals surface area (Å²) in [5, 5.41) is 3.66. The number of hydrogen-bond acceptors (Lipinski definition) is 6. The van der Waals surface area contributed by atoms with Crippen LogP contribution in [-0.4, -0.2) is 49.4 Å². The lowest BCUT2D eigenvalue weighted by Crippen LogP contribution is -2.47. The maximum atomic E-state index is 12.7. The predicted molar refractivity (Wildman–Crippen MR) is 86.2 cm³/mol. The normalized spacial score (nSPS) is 20.2. The molecule has 27 heavy (non-hydrogen) atoms. The van der Waals surface area contributed by atoms with Crippen LogP contribution in [-0.2, 0) is 19.7 Å². The van der Waals surface area contributed by atoms with E-state index in [1.54, 1.807) is 0 Å². The third-order valence-electron chi connectivity index (χ3n) is 4.45. The summed E-state index contributed by atoms with van der Waals surface area (Å²) in [4.78, 5) is 16.4. The maximum Gasteiger partial charge on any atom is 0.573 e. The van der Waals surface area contributed by atoms with Crippen molar-refractivity contribution in [3.63, 3.8) is 0 Å². The smallest absolute Gasteiger partial charge is 0.406 e. The van der Waals surface area contributed by atoms with Gasteiger partial charge in [0.2, 0.25) is 10.0 Å². The van der Waals surface area contributed by atoms with Gasteiger partial charge in [-0.25, -0.2) is 8.42 Å². The molecule has 0 bridgehead atoms. The SMILES string of the molecule is NC(=O)C1=NOC2(CCN(S(=O)(=O)c3ccc(OC(F)(F)F)cc3)CC2)C1. The number of primary amides is 1.